The number of nitrogens with two attached hydrogens (primary N) is 6. The topological polar surface area (TPSA) is 511 Å². The molecule has 2 amide bonds. The number of hydrogen-bond donors (Lipinski definition) is 11. The molecule has 31 nitrogen and oxygen atoms in total. The number of fused-ring (bicyclic) bond motifs is 2. The predicted molar refractivity (Wildman–Crippen MR) is 448 cm³/mol. The van der Waals surface area contributed by atoms with Crippen molar-refractivity contribution in [2.75, 3.05) is 91.8 Å². The molecule has 3 heterocycles. The molecule has 0 saturated carbocycles. The van der Waals surface area contributed by atoms with Gasteiger partial charge in [-0.05, 0) is 172 Å². The van der Waals surface area contributed by atoms with Crippen LogP contribution in [0.1, 0.15) is 71.8 Å². The van der Waals surface area contributed by atoms with Crippen LogP contribution >= 0.6 is 122 Å². The van der Waals surface area contributed by atoms with Crippen molar-refractivity contribution in [2.24, 2.45) is 11.5 Å². The van der Waals surface area contributed by atoms with Gasteiger partial charge < -0.3 is 102 Å². The van der Waals surface area contributed by atoms with Crippen LogP contribution in [0.2, 0.25) is 5.28 Å². The number of carbonyl (C=O) groups is 4. The van der Waals surface area contributed by atoms with Crippen LogP contribution in [0.4, 0.5) is 27.5 Å². The number of aliphatic hydroxyl groups excluding tert-OH is 1. The molecule has 10 rings (SSSR count). The second kappa shape index (κ2) is 62.7. The summed E-state index contributed by atoms with van der Waals surface area (Å²) < 4.78 is 73.5. The van der Waals surface area contributed by atoms with Crippen LogP contribution in [0.3, 0.4) is 0 Å². The number of H-pyrrole nitrogens is 1. The standard InChI is InChI=1S/C9H6BrClN2O.C9H7BrN2O2.C8H11BO4.C8H8BrNO2.C8H9NO3.C8H11NO2.C8H9NO2.C4H7BO.CH2Cl2.CH4N2O.3CH4.Cl3OP.Mn.2O/c1-14-8-3-7-5(2-6(8)10)4-12-9(11)13-7;1-14-8-3-7-5(2-6(8)10)4-11-9(13)12-7;1-12-7-3-6(9(10)11)4-8(5-7)13-2;1-12-8-3-7(10)5(4-11)2-6(8)9;1-12-5-2-3-6(8(10)11)7(9)4-5;2*1-11-7-3-2-6(5-10)8(9)4-7;5-4-2-1-3-6-4;2-1-3;2-1(3)4;;;;1-5(2,3)4;;;/h2-4H,1H3;2-4H,1H3,(H,11,12,13);3-5,10-11H,1-2H3;2-4H,10H2,1H3;2-4H,9H2,1H3,(H,10,11);2-4,10H,5,9H2,1H3;2-5H,9H2,1H3;4H,1-3H2;1H2;(H4,2,3,4);3*1H4;;;;. The van der Waals surface area contributed by atoms with E-state index >= 15 is 0 Å². The van der Waals surface area contributed by atoms with Crippen molar-refractivity contribution in [1.82, 2.24) is 19.9 Å². The summed E-state index contributed by atoms with van der Waals surface area (Å²) in [7, 11) is 16.2. The maximum atomic E-state index is 10.9. The van der Waals surface area contributed by atoms with Gasteiger partial charge in [-0.2, -0.15) is 0 Å². The van der Waals surface area contributed by atoms with Gasteiger partial charge in [-0.1, -0.05) is 28.3 Å². The monoisotopic (exact) mass is 1920 g/mol. The molecule has 9 aromatic rings. The van der Waals surface area contributed by atoms with Crippen LogP contribution < -0.4 is 83.4 Å². The van der Waals surface area contributed by atoms with E-state index < -0.39 is 39.1 Å². The number of hydrogen-bond acceptors (Lipinski definition) is 27. The first-order valence-electron chi connectivity index (χ1n) is 29.2. The molecule has 7 aromatic carbocycles. The Morgan fingerprint density at radius 1 is 0.640 bits per heavy atom. The van der Waals surface area contributed by atoms with E-state index in [-0.39, 0.29) is 62.5 Å². The number of amides is 2. The molecule has 44 heteroatoms. The molecule has 2 aromatic heterocycles. The van der Waals surface area contributed by atoms with Gasteiger partial charge in [0.2, 0.25) is 5.28 Å². The Labute approximate surface area is 704 Å². The van der Waals surface area contributed by atoms with Gasteiger partial charge in [-0.3, -0.25) is 14.2 Å². The summed E-state index contributed by atoms with van der Waals surface area (Å²) >= 11 is 37.6. The number of benzene rings is 7. The zero-order valence-electron chi connectivity index (χ0n) is 58.2. The summed E-state index contributed by atoms with van der Waals surface area (Å²) in [5, 5.41) is 34.2. The third-order valence-corrected chi connectivity index (χ3v) is 14.3. The number of methoxy groups -OCH3 is 8. The van der Waals surface area contributed by atoms with Crippen LogP contribution in [0.25, 0.3) is 21.8 Å². The van der Waals surface area contributed by atoms with Crippen molar-refractivity contribution in [1.29, 1.82) is 0 Å². The Bertz CT molecular complexity index is 4390. The maximum absolute atomic E-state index is 10.9. The first-order chi connectivity index (χ1) is 50.9. The first-order valence-corrected chi connectivity index (χ1v) is 38.4. The number of carboxylic acids is 1. The molecule has 1 atom stereocenters. The molecule has 1 fully saturated rings. The second-order valence-corrected chi connectivity index (χ2v) is 29.9. The summed E-state index contributed by atoms with van der Waals surface area (Å²) in [5.41, 5.74) is 35.4. The number of nitrogen functional groups attached to an aromatic ring is 4. The van der Waals surface area contributed by atoms with Crippen LogP contribution in [0.15, 0.2) is 140 Å². The zero-order valence-corrected chi connectivity index (χ0v) is 69.6. The molecule has 1 unspecified atom stereocenters. The number of aldehydes is 2. The van der Waals surface area contributed by atoms with E-state index in [1.54, 1.807) is 108 Å². The first kappa shape index (κ1) is 112. The number of rotatable bonds is 13. The fourth-order valence-corrected chi connectivity index (χ4v) is 9.01. The van der Waals surface area contributed by atoms with Gasteiger partial charge in [-0.15, -0.1) is 23.2 Å². The number of carboxylic acid groups (broad SMARTS) is 1. The molecule has 111 heavy (non-hydrogen) atoms. The molecule has 1 saturated heterocycles. The molecule has 0 aliphatic carbocycles. The number of urea groups is 1. The number of primary amides is 2. The Hall–Kier alpha value is -7.80. The number of aromatic nitrogens is 4. The van der Waals surface area contributed by atoms with E-state index in [1.807, 2.05) is 18.2 Å². The van der Waals surface area contributed by atoms with Crippen LogP contribution in [-0.2, 0) is 38.4 Å². The van der Waals surface area contributed by atoms with Gasteiger partial charge in [0, 0.05) is 118 Å². The number of nitrogens with zero attached hydrogens (tertiary/aromatic N) is 3. The van der Waals surface area contributed by atoms with Crippen molar-refractivity contribution >= 4 is 211 Å². The molecule has 1 aliphatic heterocycles. The Kier molecular flexibility index (Phi) is 63.1. The summed E-state index contributed by atoms with van der Waals surface area (Å²) in [6.07, 6.45) is 6.81. The third kappa shape index (κ3) is 48.0. The van der Waals surface area contributed by atoms with Gasteiger partial charge in [0.25, 0.3) is 0 Å². The van der Waals surface area contributed by atoms with Gasteiger partial charge in [-0.25, -0.2) is 29.3 Å². The number of anilines is 4. The molecular weight excluding hydrogens is 1840 g/mol. The Balaban J connectivity index is -0.000000376. The fraction of sp³-hybridized carbons (Fsp3) is 0.254. The normalized spacial score (nSPS) is 10.5. The summed E-state index contributed by atoms with van der Waals surface area (Å²) in [6.45, 7) is 0.830. The van der Waals surface area contributed by atoms with Crippen molar-refractivity contribution in [2.45, 2.75) is 47.7 Å². The van der Waals surface area contributed by atoms with Gasteiger partial charge in [0.15, 0.2) is 12.6 Å². The number of carbonyl (C=O) groups excluding carboxylic acids is 3. The number of ether oxygens (including phenoxy) is 9. The van der Waals surface area contributed by atoms with E-state index in [2.05, 4.69) is 113 Å². The summed E-state index contributed by atoms with van der Waals surface area (Å²) in [5.74, 6) is 3.98. The Morgan fingerprint density at radius 2 is 1.05 bits per heavy atom. The van der Waals surface area contributed by atoms with Crippen molar-refractivity contribution in [3.63, 3.8) is 0 Å². The van der Waals surface area contributed by atoms with Crippen molar-refractivity contribution < 1.29 is 109 Å². The minimum atomic E-state index is -3.22. The number of nitrogens with one attached hydrogen (secondary N) is 1. The van der Waals surface area contributed by atoms with E-state index in [0.29, 0.717) is 85.7 Å². The van der Waals surface area contributed by atoms with Gasteiger partial charge >= 0.3 is 52.5 Å². The third-order valence-electron chi connectivity index (χ3n) is 12.3. The molecule has 0 bridgehead atoms. The number of aromatic amines is 1. The SMILES string of the molecule is C.C.C.COc1cc(N)c(C=O)cc1Br.COc1cc(OC)cc(B(O)O)c1.COc1cc2[nH]c(=O)ncc2cc1Br.COc1cc2nc(Cl)ncc2cc1Br.COc1ccc(C(=O)O)c(N)c1.COc1ccc(C=O)c(N)c1.COc1ccc(CO)c(N)c1.ClCCl.NC(N)=O.O=P(Cl)(Cl)Cl.[B]C1CCCO1.[O]=[Mn]=[O]. The molecule has 2 radical (unpaired) electrons. The summed E-state index contributed by atoms with van der Waals surface area (Å²) in [6, 6.07) is 29.1. The average molecular weight is 1930 g/mol. The molecule has 17 N–H and O–H groups in total. The molecule has 611 valence electrons. The van der Waals surface area contributed by atoms with Crippen LogP contribution in [0.5, 0.6) is 46.0 Å². The number of aliphatic hydroxyl groups is 1. The van der Waals surface area contributed by atoms with E-state index in [9.17, 15) is 23.7 Å². The fourth-order valence-electron chi connectivity index (χ4n) is 7.30. The number of aromatic carboxylic acids is 1. The number of alkyl halides is 2. The van der Waals surface area contributed by atoms with E-state index in [1.165, 1.54) is 51.8 Å². The quantitative estimate of drug-likeness (QED) is 0.0127. The molecular formula is C67H86B2Br3Cl6MnN10O21P. The van der Waals surface area contributed by atoms with Crippen LogP contribution in [-0.4, -0.2) is 155 Å². The van der Waals surface area contributed by atoms with Crippen molar-refractivity contribution in [3.8, 4) is 46.0 Å². The van der Waals surface area contributed by atoms with E-state index in [4.69, 9.17) is 141 Å². The number of halogens is 9. The van der Waals surface area contributed by atoms with Gasteiger partial charge in [0.05, 0.1) is 98.8 Å². The zero-order chi connectivity index (χ0) is 82.8. The average Bonchev–Trinajstić information content (AvgIpc) is 0.883. The summed E-state index contributed by atoms with van der Waals surface area (Å²) in [4.78, 5) is 65.4. The van der Waals surface area contributed by atoms with Crippen molar-refractivity contribution in [3.05, 3.63) is 173 Å². The predicted octanol–water partition coefficient (Wildman–Crippen LogP) is 14.0. The van der Waals surface area contributed by atoms with Gasteiger partial charge in [0.1, 0.15) is 53.8 Å². The molecule has 1 aliphatic rings. The minimum absolute atomic E-state index is 0. The second-order valence-electron chi connectivity index (χ2n) is 19.3. The van der Waals surface area contributed by atoms with E-state index in [0.717, 1.165) is 66.8 Å². The molecule has 0 spiro atoms. The Morgan fingerprint density at radius 3 is 1.44 bits per heavy atom. The van der Waals surface area contributed by atoms with Crippen LogP contribution in [0, 0.1) is 0 Å².